The fourth-order valence-corrected chi connectivity index (χ4v) is 1.34. The van der Waals surface area contributed by atoms with Crippen LogP contribution in [0.15, 0.2) is 4.52 Å². The predicted octanol–water partition coefficient (Wildman–Crippen LogP) is 1.20. The van der Waals surface area contributed by atoms with E-state index in [1.807, 2.05) is 18.7 Å². The molecule has 0 aliphatic carbocycles. The first-order chi connectivity index (χ1) is 6.96. The number of hydrogen-bond acceptors (Lipinski definition) is 5. The summed E-state index contributed by atoms with van der Waals surface area (Å²) in [6.45, 7) is 9.75. The predicted molar refractivity (Wildman–Crippen MR) is 59.8 cm³/mol. The lowest BCUT2D eigenvalue weighted by atomic mass is 10.0. The van der Waals surface area contributed by atoms with Crippen molar-refractivity contribution in [3.63, 3.8) is 0 Å². The topological polar surface area (TPSA) is 68.2 Å². The molecule has 0 bridgehead atoms. The molecule has 86 valence electrons. The molecule has 1 aromatic rings. The molecular formula is C10H20N4O. The van der Waals surface area contributed by atoms with Gasteiger partial charge in [-0.2, -0.15) is 4.98 Å². The Kier molecular flexibility index (Phi) is 3.68. The molecule has 0 aliphatic heterocycles. The summed E-state index contributed by atoms with van der Waals surface area (Å²) in [5, 5.41) is 3.93. The molecule has 0 atom stereocenters. The lowest BCUT2D eigenvalue weighted by molar-refractivity contribution is 0.347. The molecule has 0 unspecified atom stereocenters. The molecule has 1 rings (SSSR count). The van der Waals surface area contributed by atoms with Gasteiger partial charge in [-0.15, -0.1) is 0 Å². The summed E-state index contributed by atoms with van der Waals surface area (Å²) in [4.78, 5) is 6.34. The van der Waals surface area contributed by atoms with Gasteiger partial charge >= 0.3 is 0 Å². The second-order valence-corrected chi connectivity index (χ2v) is 4.33. The summed E-state index contributed by atoms with van der Waals surface area (Å²) in [6.07, 6.45) is 0.598. The number of rotatable bonds is 5. The molecule has 1 heterocycles. The molecule has 0 amide bonds. The van der Waals surface area contributed by atoms with Crippen LogP contribution < -0.4 is 10.6 Å². The molecule has 0 fully saturated rings. The first-order valence-electron chi connectivity index (χ1n) is 5.32. The van der Waals surface area contributed by atoms with Crippen LogP contribution in [0.1, 0.15) is 33.6 Å². The molecule has 1 aromatic heterocycles. The summed E-state index contributed by atoms with van der Waals surface area (Å²) in [6, 6.07) is 0. The van der Waals surface area contributed by atoms with E-state index in [0.717, 1.165) is 13.1 Å². The minimum atomic E-state index is -0.312. The maximum absolute atomic E-state index is 5.88. The van der Waals surface area contributed by atoms with E-state index < -0.39 is 0 Å². The standard InChI is InChI=1S/C10H20N4O/c1-5-14(6-2)9-12-8(15-13-9)7-10(3,4)11/h5-7,11H2,1-4H3. The molecule has 0 spiro atoms. The van der Waals surface area contributed by atoms with Crippen molar-refractivity contribution < 1.29 is 4.52 Å². The van der Waals surface area contributed by atoms with E-state index in [9.17, 15) is 0 Å². The van der Waals surface area contributed by atoms with Crippen LogP contribution in [0.2, 0.25) is 0 Å². The highest BCUT2D eigenvalue weighted by Crippen LogP contribution is 2.12. The summed E-state index contributed by atoms with van der Waals surface area (Å²) in [5.74, 6) is 1.25. The van der Waals surface area contributed by atoms with Crippen molar-refractivity contribution in [2.24, 2.45) is 5.73 Å². The van der Waals surface area contributed by atoms with Crippen molar-refractivity contribution in [3.05, 3.63) is 5.89 Å². The fraction of sp³-hybridized carbons (Fsp3) is 0.800. The summed E-state index contributed by atoms with van der Waals surface area (Å²) >= 11 is 0. The third-order valence-electron chi connectivity index (χ3n) is 2.11. The summed E-state index contributed by atoms with van der Waals surface area (Å²) in [7, 11) is 0. The molecule has 0 aromatic carbocycles. The Balaban J connectivity index is 2.71. The quantitative estimate of drug-likeness (QED) is 0.794. The number of nitrogens with zero attached hydrogens (tertiary/aromatic N) is 3. The van der Waals surface area contributed by atoms with Crippen molar-refractivity contribution in [2.75, 3.05) is 18.0 Å². The molecule has 0 saturated heterocycles. The monoisotopic (exact) mass is 212 g/mol. The van der Waals surface area contributed by atoms with Gasteiger partial charge in [0.15, 0.2) is 0 Å². The smallest absolute Gasteiger partial charge is 0.266 e. The minimum absolute atomic E-state index is 0.312. The van der Waals surface area contributed by atoms with Crippen LogP contribution >= 0.6 is 0 Å². The van der Waals surface area contributed by atoms with Crippen LogP contribution in [0.25, 0.3) is 0 Å². The average Bonchev–Trinajstić information content (AvgIpc) is 2.52. The molecule has 5 heteroatoms. The molecule has 0 aliphatic rings. The second-order valence-electron chi connectivity index (χ2n) is 4.33. The van der Waals surface area contributed by atoms with Gasteiger partial charge in [0, 0.05) is 25.0 Å². The zero-order valence-electron chi connectivity index (χ0n) is 9.95. The molecule has 15 heavy (non-hydrogen) atoms. The largest absolute Gasteiger partial charge is 0.339 e. The Bertz CT molecular complexity index is 299. The zero-order valence-corrected chi connectivity index (χ0v) is 9.95. The Labute approximate surface area is 90.6 Å². The third-order valence-corrected chi connectivity index (χ3v) is 2.11. The molecule has 2 N–H and O–H groups in total. The van der Waals surface area contributed by atoms with Gasteiger partial charge in [0.25, 0.3) is 5.95 Å². The van der Waals surface area contributed by atoms with Crippen LogP contribution in [0.3, 0.4) is 0 Å². The van der Waals surface area contributed by atoms with Gasteiger partial charge in [0.05, 0.1) is 0 Å². The number of hydrogen-bond donors (Lipinski definition) is 1. The van der Waals surface area contributed by atoms with Crippen LogP contribution in [0, 0.1) is 0 Å². The van der Waals surface area contributed by atoms with Crippen molar-refractivity contribution in [1.82, 2.24) is 10.1 Å². The zero-order chi connectivity index (χ0) is 11.5. The molecule has 5 nitrogen and oxygen atoms in total. The van der Waals surface area contributed by atoms with Crippen LogP contribution in [-0.2, 0) is 6.42 Å². The minimum Gasteiger partial charge on any atom is -0.339 e. The Morgan fingerprint density at radius 1 is 1.33 bits per heavy atom. The van der Waals surface area contributed by atoms with Crippen molar-refractivity contribution in [2.45, 2.75) is 39.7 Å². The van der Waals surface area contributed by atoms with Gasteiger partial charge in [-0.25, -0.2) is 0 Å². The highest BCUT2D eigenvalue weighted by atomic mass is 16.5. The van der Waals surface area contributed by atoms with Crippen molar-refractivity contribution in [3.8, 4) is 0 Å². The first-order valence-corrected chi connectivity index (χ1v) is 5.32. The lowest BCUT2D eigenvalue weighted by Crippen LogP contribution is -2.34. The van der Waals surface area contributed by atoms with E-state index in [-0.39, 0.29) is 5.54 Å². The Morgan fingerprint density at radius 2 is 1.93 bits per heavy atom. The van der Waals surface area contributed by atoms with Crippen molar-refractivity contribution >= 4 is 5.95 Å². The summed E-state index contributed by atoms with van der Waals surface area (Å²) < 4.78 is 5.14. The van der Waals surface area contributed by atoms with Crippen LogP contribution in [-0.4, -0.2) is 28.8 Å². The fourth-order valence-electron chi connectivity index (χ4n) is 1.34. The lowest BCUT2D eigenvalue weighted by Gasteiger charge is -2.15. The maximum atomic E-state index is 5.88. The maximum Gasteiger partial charge on any atom is 0.266 e. The highest BCUT2D eigenvalue weighted by Gasteiger charge is 2.18. The van der Waals surface area contributed by atoms with Gasteiger partial charge in [-0.1, -0.05) is 0 Å². The number of aromatic nitrogens is 2. The van der Waals surface area contributed by atoms with E-state index in [0.29, 0.717) is 18.3 Å². The van der Waals surface area contributed by atoms with Gasteiger partial charge in [0.2, 0.25) is 5.89 Å². The Hall–Kier alpha value is -1.10. The normalized spacial score (nSPS) is 11.8. The van der Waals surface area contributed by atoms with Crippen LogP contribution in [0.4, 0.5) is 5.95 Å². The van der Waals surface area contributed by atoms with E-state index in [4.69, 9.17) is 10.3 Å². The van der Waals surface area contributed by atoms with Crippen molar-refractivity contribution in [1.29, 1.82) is 0 Å². The molecule has 0 saturated carbocycles. The molecular weight excluding hydrogens is 192 g/mol. The van der Waals surface area contributed by atoms with E-state index in [1.165, 1.54) is 0 Å². The third kappa shape index (κ3) is 3.51. The van der Waals surface area contributed by atoms with E-state index in [1.54, 1.807) is 0 Å². The Morgan fingerprint density at radius 3 is 2.40 bits per heavy atom. The first kappa shape index (κ1) is 12.0. The summed E-state index contributed by atoms with van der Waals surface area (Å²) in [5.41, 5.74) is 5.56. The number of anilines is 1. The van der Waals surface area contributed by atoms with Gasteiger partial charge < -0.3 is 15.2 Å². The average molecular weight is 212 g/mol. The van der Waals surface area contributed by atoms with Crippen LogP contribution in [0.5, 0.6) is 0 Å². The van der Waals surface area contributed by atoms with E-state index in [2.05, 4.69) is 24.0 Å². The van der Waals surface area contributed by atoms with Gasteiger partial charge in [-0.05, 0) is 32.9 Å². The SMILES string of the molecule is CCN(CC)c1noc(CC(C)(C)N)n1. The van der Waals surface area contributed by atoms with Gasteiger partial charge in [-0.3, -0.25) is 0 Å². The van der Waals surface area contributed by atoms with E-state index >= 15 is 0 Å². The highest BCUT2D eigenvalue weighted by molar-refractivity contribution is 5.26. The van der Waals surface area contributed by atoms with Gasteiger partial charge in [0.1, 0.15) is 0 Å². The molecule has 0 radical (unpaired) electrons. The number of nitrogens with two attached hydrogens (primary N) is 1. The second kappa shape index (κ2) is 4.61.